The lowest BCUT2D eigenvalue weighted by Gasteiger charge is -2.17. The van der Waals surface area contributed by atoms with Gasteiger partial charge in [0.1, 0.15) is 4.83 Å². The molecular formula is C20H20ClN3O2S2. The molecule has 28 heavy (non-hydrogen) atoms. The molecule has 2 heterocycles. The summed E-state index contributed by atoms with van der Waals surface area (Å²) in [6.07, 6.45) is 3.00. The highest BCUT2D eigenvalue weighted by Gasteiger charge is 2.25. The third-order valence-corrected chi connectivity index (χ3v) is 7.33. The molecule has 1 amide bonds. The van der Waals surface area contributed by atoms with E-state index in [2.05, 4.69) is 12.2 Å². The van der Waals surface area contributed by atoms with E-state index in [9.17, 15) is 9.59 Å². The second-order valence-electron chi connectivity index (χ2n) is 7.01. The first kappa shape index (κ1) is 19.5. The Morgan fingerprint density at radius 3 is 2.86 bits per heavy atom. The van der Waals surface area contributed by atoms with E-state index in [-0.39, 0.29) is 17.2 Å². The van der Waals surface area contributed by atoms with Crippen LogP contribution in [0, 0.1) is 5.92 Å². The monoisotopic (exact) mass is 433 g/mol. The number of aryl methyl sites for hydroxylation is 1. The number of carbonyl (C=O) groups excluding carboxylic acids is 1. The molecule has 1 N–H and O–H groups in total. The summed E-state index contributed by atoms with van der Waals surface area (Å²) in [6.45, 7) is 2.25. The Balaban J connectivity index is 1.92. The third kappa shape index (κ3) is 3.58. The van der Waals surface area contributed by atoms with Gasteiger partial charge in [-0.15, -0.1) is 11.3 Å². The molecule has 0 fully saturated rings. The van der Waals surface area contributed by atoms with Crippen LogP contribution in [-0.2, 0) is 17.6 Å². The largest absolute Gasteiger partial charge is 0.358 e. The maximum Gasteiger partial charge on any atom is 0.267 e. The number of nitrogens with zero attached hydrogens (tertiary/aromatic N) is 2. The Hall–Kier alpha value is -1.83. The van der Waals surface area contributed by atoms with Crippen molar-refractivity contribution in [2.45, 2.75) is 31.3 Å². The lowest BCUT2D eigenvalue weighted by molar-refractivity contribution is -0.118. The molecule has 2 aromatic heterocycles. The lowest BCUT2D eigenvalue weighted by Crippen LogP contribution is -2.24. The predicted octanol–water partition coefficient (Wildman–Crippen LogP) is 4.06. The highest BCUT2D eigenvalue weighted by molar-refractivity contribution is 7.99. The van der Waals surface area contributed by atoms with Gasteiger partial charge in [0, 0.05) is 16.9 Å². The van der Waals surface area contributed by atoms with Crippen LogP contribution in [0.1, 0.15) is 23.8 Å². The zero-order chi connectivity index (χ0) is 19.8. The van der Waals surface area contributed by atoms with Crippen molar-refractivity contribution in [3.05, 3.63) is 50.1 Å². The van der Waals surface area contributed by atoms with Gasteiger partial charge in [0.15, 0.2) is 5.16 Å². The van der Waals surface area contributed by atoms with Gasteiger partial charge in [-0.2, -0.15) is 0 Å². The summed E-state index contributed by atoms with van der Waals surface area (Å²) < 4.78 is 1.61. The number of amides is 1. The minimum atomic E-state index is -0.110. The number of halogens is 1. The summed E-state index contributed by atoms with van der Waals surface area (Å²) in [5, 5.41) is 4.46. The highest BCUT2D eigenvalue weighted by atomic mass is 35.5. The fourth-order valence-corrected chi connectivity index (χ4v) is 5.92. The van der Waals surface area contributed by atoms with Crippen LogP contribution in [0.4, 0.5) is 0 Å². The summed E-state index contributed by atoms with van der Waals surface area (Å²) in [5.41, 5.74) is 1.78. The summed E-state index contributed by atoms with van der Waals surface area (Å²) in [5.74, 6) is 0.715. The molecule has 1 atom stereocenters. The van der Waals surface area contributed by atoms with E-state index in [4.69, 9.17) is 16.6 Å². The fourth-order valence-electron chi connectivity index (χ4n) is 3.49. The zero-order valence-corrected chi connectivity index (χ0v) is 18.0. The SMILES string of the molecule is CNC(=O)CSc1nc2sc3c(c2c(=O)n1-c1ccc(Cl)cc1)CCC(C)C3. The average Bonchev–Trinajstić information content (AvgIpc) is 3.04. The van der Waals surface area contributed by atoms with Gasteiger partial charge in [0.2, 0.25) is 5.91 Å². The van der Waals surface area contributed by atoms with Crippen molar-refractivity contribution >= 4 is 50.8 Å². The maximum atomic E-state index is 13.5. The molecule has 1 unspecified atom stereocenters. The average molecular weight is 434 g/mol. The summed E-state index contributed by atoms with van der Waals surface area (Å²) >= 11 is 8.91. The number of carbonyl (C=O) groups is 1. The molecule has 0 bridgehead atoms. The first-order chi connectivity index (χ1) is 13.5. The van der Waals surface area contributed by atoms with Crippen LogP contribution in [0.15, 0.2) is 34.2 Å². The molecular weight excluding hydrogens is 414 g/mol. The Labute approximate surface area is 176 Å². The Bertz CT molecular complexity index is 1110. The Kier molecular flexibility index (Phi) is 5.49. The van der Waals surface area contributed by atoms with Crippen molar-refractivity contribution in [3.63, 3.8) is 0 Å². The molecule has 146 valence electrons. The molecule has 8 heteroatoms. The Morgan fingerprint density at radius 2 is 2.14 bits per heavy atom. The van der Waals surface area contributed by atoms with E-state index in [0.29, 0.717) is 21.8 Å². The molecule has 0 saturated carbocycles. The van der Waals surface area contributed by atoms with Gasteiger partial charge >= 0.3 is 0 Å². The predicted molar refractivity (Wildman–Crippen MR) is 116 cm³/mol. The van der Waals surface area contributed by atoms with Crippen molar-refractivity contribution in [2.75, 3.05) is 12.8 Å². The topological polar surface area (TPSA) is 64.0 Å². The molecule has 1 aliphatic rings. The number of hydrogen-bond acceptors (Lipinski definition) is 5. The number of nitrogens with one attached hydrogen (secondary N) is 1. The highest BCUT2D eigenvalue weighted by Crippen LogP contribution is 2.37. The van der Waals surface area contributed by atoms with Crippen LogP contribution in [0.5, 0.6) is 0 Å². The number of thioether (sulfide) groups is 1. The maximum absolute atomic E-state index is 13.5. The number of aromatic nitrogens is 2. The van der Waals surface area contributed by atoms with E-state index in [1.54, 1.807) is 35.1 Å². The molecule has 5 nitrogen and oxygen atoms in total. The number of hydrogen-bond donors (Lipinski definition) is 1. The molecule has 1 aliphatic carbocycles. The third-order valence-electron chi connectivity index (χ3n) is 4.99. The molecule has 0 saturated heterocycles. The summed E-state index contributed by atoms with van der Waals surface area (Å²) in [6, 6.07) is 7.13. The Morgan fingerprint density at radius 1 is 1.39 bits per heavy atom. The van der Waals surface area contributed by atoms with Gasteiger partial charge in [0.05, 0.1) is 16.8 Å². The van der Waals surface area contributed by atoms with Crippen molar-refractivity contribution in [3.8, 4) is 5.69 Å². The second kappa shape index (κ2) is 7.89. The van der Waals surface area contributed by atoms with Crippen LogP contribution in [0.3, 0.4) is 0 Å². The fraction of sp³-hybridized carbons (Fsp3) is 0.350. The summed E-state index contributed by atoms with van der Waals surface area (Å²) in [4.78, 5) is 32.2. The van der Waals surface area contributed by atoms with Crippen LogP contribution >= 0.6 is 34.7 Å². The lowest BCUT2D eigenvalue weighted by atomic mass is 9.89. The first-order valence-corrected chi connectivity index (χ1v) is 11.3. The van der Waals surface area contributed by atoms with Crippen molar-refractivity contribution in [1.82, 2.24) is 14.9 Å². The number of thiophene rings is 1. The van der Waals surface area contributed by atoms with Gasteiger partial charge in [-0.3, -0.25) is 14.2 Å². The normalized spacial score (nSPS) is 16.2. The molecule has 4 rings (SSSR count). The first-order valence-electron chi connectivity index (χ1n) is 9.14. The number of benzene rings is 1. The number of rotatable bonds is 4. The minimum absolute atomic E-state index is 0.0706. The van der Waals surface area contributed by atoms with Gasteiger partial charge in [0.25, 0.3) is 5.56 Å². The van der Waals surface area contributed by atoms with Crippen molar-refractivity contribution in [2.24, 2.45) is 5.92 Å². The van der Waals surface area contributed by atoms with Crippen LogP contribution < -0.4 is 10.9 Å². The molecule has 0 aliphatic heterocycles. The smallest absolute Gasteiger partial charge is 0.267 e. The number of fused-ring (bicyclic) bond motifs is 3. The summed E-state index contributed by atoms with van der Waals surface area (Å²) in [7, 11) is 1.60. The second-order valence-corrected chi connectivity index (χ2v) is 9.47. The van der Waals surface area contributed by atoms with Gasteiger partial charge < -0.3 is 5.32 Å². The van der Waals surface area contributed by atoms with Crippen LogP contribution in [0.2, 0.25) is 5.02 Å². The van der Waals surface area contributed by atoms with E-state index >= 15 is 0 Å². The molecule has 0 spiro atoms. The van der Waals surface area contributed by atoms with E-state index in [1.807, 2.05) is 12.1 Å². The standard InChI is InChI=1S/C20H20ClN3O2S2/c1-11-3-8-14-15(9-11)28-18-17(14)19(26)24(13-6-4-12(21)5-7-13)20(23-18)27-10-16(25)22-2/h4-7,11H,3,8-10H2,1-2H3,(H,22,25). The van der Waals surface area contributed by atoms with Gasteiger partial charge in [-0.25, -0.2) is 4.98 Å². The van der Waals surface area contributed by atoms with E-state index in [1.165, 1.54) is 16.6 Å². The van der Waals surface area contributed by atoms with E-state index in [0.717, 1.165) is 35.0 Å². The van der Waals surface area contributed by atoms with Crippen LogP contribution in [-0.4, -0.2) is 28.3 Å². The van der Waals surface area contributed by atoms with E-state index < -0.39 is 0 Å². The minimum Gasteiger partial charge on any atom is -0.358 e. The van der Waals surface area contributed by atoms with Gasteiger partial charge in [-0.05, 0) is 55.0 Å². The van der Waals surface area contributed by atoms with Crippen molar-refractivity contribution in [1.29, 1.82) is 0 Å². The molecule has 0 radical (unpaired) electrons. The molecule has 3 aromatic rings. The van der Waals surface area contributed by atoms with Crippen LogP contribution in [0.25, 0.3) is 15.9 Å². The molecule has 1 aromatic carbocycles. The van der Waals surface area contributed by atoms with Gasteiger partial charge in [-0.1, -0.05) is 30.3 Å². The zero-order valence-electron chi connectivity index (χ0n) is 15.6. The quantitative estimate of drug-likeness (QED) is 0.497. The van der Waals surface area contributed by atoms with Crippen molar-refractivity contribution < 1.29 is 4.79 Å².